The largest absolute Gasteiger partial charge is 0.366 e. The first-order chi connectivity index (χ1) is 8.18. The highest BCUT2D eigenvalue weighted by Gasteiger charge is 2.27. The van der Waals surface area contributed by atoms with Gasteiger partial charge in [-0.1, -0.05) is 26.7 Å². The third kappa shape index (κ3) is 3.21. The molecule has 2 rings (SSSR count). The lowest BCUT2D eigenvalue weighted by atomic mass is 9.78. The molecular weight excluding hydrogens is 276 g/mol. The van der Waals surface area contributed by atoms with Crippen LogP contribution in [0.4, 0.5) is 5.82 Å². The smallest absolute Gasteiger partial charge is 0.140 e. The van der Waals surface area contributed by atoms with Gasteiger partial charge in [0, 0.05) is 12.2 Å². The molecule has 2 unspecified atom stereocenters. The van der Waals surface area contributed by atoms with E-state index in [1.54, 1.807) is 0 Å². The minimum absolute atomic E-state index is 0.579. The molecule has 0 bridgehead atoms. The molecule has 1 aliphatic rings. The van der Waals surface area contributed by atoms with Gasteiger partial charge in [-0.2, -0.15) is 0 Å². The summed E-state index contributed by atoms with van der Waals surface area (Å²) in [6.07, 6.45) is 7.18. The zero-order chi connectivity index (χ0) is 12.3. The number of rotatable bonds is 3. The fourth-order valence-corrected chi connectivity index (χ4v) is 3.17. The molecule has 0 amide bonds. The van der Waals surface area contributed by atoms with Gasteiger partial charge in [-0.25, -0.2) is 4.98 Å². The first kappa shape index (κ1) is 12.9. The molecule has 2 atom stereocenters. The van der Waals surface area contributed by atoms with Crippen molar-refractivity contribution in [3.05, 3.63) is 22.8 Å². The normalized spacial score (nSPS) is 24.9. The highest BCUT2D eigenvalue weighted by atomic mass is 79.9. The number of hydrogen-bond donors (Lipinski definition) is 1. The molecule has 0 aliphatic heterocycles. The van der Waals surface area contributed by atoms with E-state index < -0.39 is 0 Å². The van der Waals surface area contributed by atoms with Crippen LogP contribution < -0.4 is 5.32 Å². The highest BCUT2D eigenvalue weighted by Crippen LogP contribution is 2.33. The summed E-state index contributed by atoms with van der Waals surface area (Å²) < 4.78 is 1.06. The van der Waals surface area contributed by atoms with Crippen LogP contribution in [0.2, 0.25) is 0 Å². The van der Waals surface area contributed by atoms with Crippen molar-refractivity contribution in [1.29, 1.82) is 0 Å². The second-order valence-electron chi connectivity index (χ2n) is 5.28. The Balaban J connectivity index is 2.08. The maximum atomic E-state index is 4.41. The van der Waals surface area contributed by atoms with Gasteiger partial charge in [-0.15, -0.1) is 0 Å². The summed E-state index contributed by atoms with van der Waals surface area (Å²) in [5.41, 5.74) is 0. The predicted octanol–water partition coefficient (Wildman–Crippen LogP) is 4.47. The number of nitrogens with zero attached hydrogens (tertiary/aromatic N) is 1. The Kier molecular flexibility index (Phi) is 4.43. The standard InChI is InChI=1S/C14H21BrN2/c1-10(2)11-6-3-4-8-13(11)17-14-12(15)7-5-9-16-14/h5,7,9-11,13H,3-4,6,8H2,1-2H3,(H,16,17). The van der Waals surface area contributed by atoms with Gasteiger partial charge >= 0.3 is 0 Å². The lowest BCUT2D eigenvalue weighted by molar-refractivity contribution is 0.253. The third-order valence-electron chi connectivity index (χ3n) is 3.76. The van der Waals surface area contributed by atoms with E-state index in [0.717, 1.165) is 22.1 Å². The third-order valence-corrected chi connectivity index (χ3v) is 4.40. The van der Waals surface area contributed by atoms with Crippen LogP contribution >= 0.6 is 15.9 Å². The maximum Gasteiger partial charge on any atom is 0.140 e. The fourth-order valence-electron chi connectivity index (χ4n) is 2.80. The summed E-state index contributed by atoms with van der Waals surface area (Å²) in [4.78, 5) is 4.41. The van der Waals surface area contributed by atoms with Crippen LogP contribution in [0, 0.1) is 11.8 Å². The predicted molar refractivity (Wildman–Crippen MR) is 76.1 cm³/mol. The Morgan fingerprint density at radius 3 is 2.82 bits per heavy atom. The molecule has 1 fully saturated rings. The molecule has 1 aliphatic carbocycles. The molecule has 1 heterocycles. The Morgan fingerprint density at radius 1 is 1.35 bits per heavy atom. The maximum absolute atomic E-state index is 4.41. The molecule has 1 N–H and O–H groups in total. The Bertz CT molecular complexity index is 365. The van der Waals surface area contributed by atoms with E-state index in [1.807, 2.05) is 18.3 Å². The molecule has 3 heteroatoms. The first-order valence-electron chi connectivity index (χ1n) is 6.55. The van der Waals surface area contributed by atoms with Crippen LogP contribution in [0.1, 0.15) is 39.5 Å². The lowest BCUT2D eigenvalue weighted by Gasteiger charge is -2.35. The number of nitrogens with one attached hydrogen (secondary N) is 1. The molecule has 17 heavy (non-hydrogen) atoms. The molecular formula is C14H21BrN2. The Labute approximate surface area is 112 Å². The van der Waals surface area contributed by atoms with Gasteiger partial charge < -0.3 is 5.32 Å². The van der Waals surface area contributed by atoms with Gasteiger partial charge in [0.05, 0.1) is 4.47 Å². The summed E-state index contributed by atoms with van der Waals surface area (Å²) in [6, 6.07) is 4.58. The van der Waals surface area contributed by atoms with Crippen LogP contribution in [0.3, 0.4) is 0 Å². The molecule has 1 aromatic heterocycles. The van der Waals surface area contributed by atoms with Gasteiger partial charge in [0.25, 0.3) is 0 Å². The summed E-state index contributed by atoms with van der Waals surface area (Å²) >= 11 is 3.56. The lowest BCUT2D eigenvalue weighted by Crippen LogP contribution is -2.35. The van der Waals surface area contributed by atoms with E-state index in [0.29, 0.717) is 6.04 Å². The monoisotopic (exact) mass is 296 g/mol. The highest BCUT2D eigenvalue weighted by molar-refractivity contribution is 9.10. The van der Waals surface area contributed by atoms with E-state index >= 15 is 0 Å². The average molecular weight is 297 g/mol. The van der Waals surface area contributed by atoms with Crippen LogP contribution in [-0.4, -0.2) is 11.0 Å². The number of anilines is 1. The minimum atomic E-state index is 0.579. The summed E-state index contributed by atoms with van der Waals surface area (Å²) in [7, 11) is 0. The second-order valence-corrected chi connectivity index (χ2v) is 6.13. The fraction of sp³-hybridized carbons (Fsp3) is 0.643. The second kappa shape index (κ2) is 5.85. The van der Waals surface area contributed by atoms with Crippen LogP contribution in [0.5, 0.6) is 0 Å². The van der Waals surface area contributed by atoms with Crippen molar-refractivity contribution in [2.45, 2.75) is 45.6 Å². The SMILES string of the molecule is CC(C)C1CCCCC1Nc1ncccc1Br. The van der Waals surface area contributed by atoms with Crippen molar-refractivity contribution >= 4 is 21.7 Å². The van der Waals surface area contributed by atoms with E-state index in [1.165, 1.54) is 25.7 Å². The minimum Gasteiger partial charge on any atom is -0.366 e. The van der Waals surface area contributed by atoms with Gasteiger partial charge in [0.1, 0.15) is 5.82 Å². The van der Waals surface area contributed by atoms with Crippen molar-refractivity contribution in [2.75, 3.05) is 5.32 Å². The summed E-state index contributed by atoms with van der Waals surface area (Å²) in [6.45, 7) is 4.66. The van der Waals surface area contributed by atoms with E-state index in [2.05, 4.69) is 40.1 Å². The van der Waals surface area contributed by atoms with Gasteiger partial charge in [0.15, 0.2) is 0 Å². The average Bonchev–Trinajstić information content (AvgIpc) is 2.32. The molecule has 1 saturated carbocycles. The van der Waals surface area contributed by atoms with Crippen LogP contribution in [0.25, 0.3) is 0 Å². The van der Waals surface area contributed by atoms with E-state index in [9.17, 15) is 0 Å². The van der Waals surface area contributed by atoms with Crippen molar-refractivity contribution < 1.29 is 0 Å². The Hall–Kier alpha value is -0.570. The zero-order valence-corrected chi connectivity index (χ0v) is 12.2. The summed E-state index contributed by atoms with van der Waals surface area (Å²) in [5.74, 6) is 2.51. The first-order valence-corrected chi connectivity index (χ1v) is 7.35. The number of hydrogen-bond acceptors (Lipinski definition) is 2. The van der Waals surface area contributed by atoms with Crippen molar-refractivity contribution in [3.8, 4) is 0 Å². The molecule has 94 valence electrons. The van der Waals surface area contributed by atoms with Crippen molar-refractivity contribution in [1.82, 2.24) is 4.98 Å². The van der Waals surface area contributed by atoms with Crippen molar-refractivity contribution in [3.63, 3.8) is 0 Å². The number of halogens is 1. The van der Waals surface area contributed by atoms with Gasteiger partial charge in [-0.05, 0) is 52.7 Å². The molecule has 1 aromatic rings. The van der Waals surface area contributed by atoms with Gasteiger partial charge in [-0.3, -0.25) is 0 Å². The number of aromatic nitrogens is 1. The Morgan fingerprint density at radius 2 is 2.12 bits per heavy atom. The van der Waals surface area contributed by atoms with E-state index in [-0.39, 0.29) is 0 Å². The number of pyridine rings is 1. The zero-order valence-electron chi connectivity index (χ0n) is 10.6. The molecule has 0 spiro atoms. The summed E-state index contributed by atoms with van der Waals surface area (Å²) in [5, 5.41) is 3.62. The molecule has 2 nitrogen and oxygen atoms in total. The van der Waals surface area contributed by atoms with Gasteiger partial charge in [0.2, 0.25) is 0 Å². The molecule has 0 saturated heterocycles. The topological polar surface area (TPSA) is 24.9 Å². The van der Waals surface area contributed by atoms with Crippen molar-refractivity contribution in [2.24, 2.45) is 11.8 Å². The van der Waals surface area contributed by atoms with E-state index in [4.69, 9.17) is 0 Å². The van der Waals surface area contributed by atoms with Crippen LogP contribution in [0.15, 0.2) is 22.8 Å². The quantitative estimate of drug-likeness (QED) is 0.890. The molecule has 0 radical (unpaired) electrons. The molecule has 0 aromatic carbocycles. The van der Waals surface area contributed by atoms with Crippen LogP contribution in [-0.2, 0) is 0 Å².